The number of nitrogens with one attached hydrogen (secondary N) is 2. The van der Waals surface area contributed by atoms with Crippen molar-refractivity contribution in [2.24, 2.45) is 0 Å². The number of hydrogen-bond donors (Lipinski definition) is 2. The lowest BCUT2D eigenvalue weighted by molar-refractivity contribution is 0.155. The van der Waals surface area contributed by atoms with Gasteiger partial charge in [0.1, 0.15) is 6.61 Å². The molecule has 6 nitrogen and oxygen atoms in total. The number of benzene rings is 2. The fraction of sp³-hybridized carbons (Fsp3) is 0.0455. The van der Waals surface area contributed by atoms with Gasteiger partial charge in [-0.25, -0.2) is 9.78 Å². The minimum Gasteiger partial charge on any atom is -0.444 e. The van der Waals surface area contributed by atoms with Crippen LogP contribution in [0.25, 0.3) is 11.3 Å². The van der Waals surface area contributed by atoms with Crippen molar-refractivity contribution >= 4 is 33.9 Å². The standard InChI is InChI=1S/C22H18N4O2S/c27-22(28-14-16-5-2-1-3-6-16)25-18-10-8-17(9-11-18)20-15-29-21(26-20)24-19-7-4-12-23-13-19/h1-13,15H,14H2,(H,24,26)(H,25,27). The Balaban J connectivity index is 1.33. The molecule has 0 aliphatic rings. The number of carbonyl (C=O) groups is 1. The van der Waals surface area contributed by atoms with Gasteiger partial charge in [0.2, 0.25) is 0 Å². The maximum atomic E-state index is 12.0. The van der Waals surface area contributed by atoms with E-state index in [1.807, 2.05) is 72.1 Å². The van der Waals surface area contributed by atoms with E-state index in [-0.39, 0.29) is 6.61 Å². The van der Waals surface area contributed by atoms with Gasteiger partial charge in [0.05, 0.1) is 17.6 Å². The molecule has 0 unspecified atom stereocenters. The minimum atomic E-state index is -0.488. The highest BCUT2D eigenvalue weighted by Gasteiger charge is 2.07. The smallest absolute Gasteiger partial charge is 0.411 e. The molecule has 0 saturated heterocycles. The molecular weight excluding hydrogens is 384 g/mol. The number of carbonyl (C=O) groups excluding carboxylic acids is 1. The van der Waals surface area contributed by atoms with E-state index in [1.54, 1.807) is 12.4 Å². The average molecular weight is 402 g/mol. The van der Waals surface area contributed by atoms with Gasteiger partial charge in [-0.3, -0.25) is 10.3 Å². The minimum absolute atomic E-state index is 0.232. The Morgan fingerprint density at radius 2 is 1.79 bits per heavy atom. The van der Waals surface area contributed by atoms with Crippen molar-refractivity contribution in [2.75, 3.05) is 10.6 Å². The van der Waals surface area contributed by atoms with Gasteiger partial charge in [0.25, 0.3) is 0 Å². The molecule has 0 bridgehead atoms. The number of amides is 1. The van der Waals surface area contributed by atoms with Gasteiger partial charge >= 0.3 is 6.09 Å². The Morgan fingerprint density at radius 1 is 0.966 bits per heavy atom. The van der Waals surface area contributed by atoms with E-state index < -0.39 is 6.09 Å². The Kier molecular flexibility index (Phi) is 5.78. The molecule has 7 heteroatoms. The highest BCUT2D eigenvalue weighted by molar-refractivity contribution is 7.14. The van der Waals surface area contributed by atoms with Gasteiger partial charge in [0, 0.05) is 22.8 Å². The third-order valence-corrected chi connectivity index (χ3v) is 4.81. The lowest BCUT2D eigenvalue weighted by Gasteiger charge is -2.07. The lowest BCUT2D eigenvalue weighted by atomic mass is 10.1. The van der Waals surface area contributed by atoms with E-state index in [0.29, 0.717) is 5.69 Å². The molecule has 0 saturated carbocycles. The summed E-state index contributed by atoms with van der Waals surface area (Å²) in [6.07, 6.45) is 2.99. The third-order valence-electron chi connectivity index (χ3n) is 4.06. The summed E-state index contributed by atoms with van der Waals surface area (Å²) >= 11 is 1.52. The molecule has 0 aliphatic heterocycles. The van der Waals surface area contributed by atoms with Gasteiger partial charge in [-0.15, -0.1) is 11.3 Å². The molecule has 4 aromatic rings. The number of aromatic nitrogens is 2. The van der Waals surface area contributed by atoms with E-state index >= 15 is 0 Å². The van der Waals surface area contributed by atoms with Crippen LogP contribution in [0.1, 0.15) is 5.56 Å². The van der Waals surface area contributed by atoms with E-state index in [2.05, 4.69) is 20.6 Å². The van der Waals surface area contributed by atoms with Gasteiger partial charge in [-0.1, -0.05) is 42.5 Å². The summed E-state index contributed by atoms with van der Waals surface area (Å²) in [5.41, 5.74) is 4.32. The second-order valence-corrected chi connectivity index (χ2v) is 7.03. The number of hydrogen-bond acceptors (Lipinski definition) is 6. The highest BCUT2D eigenvalue weighted by Crippen LogP contribution is 2.27. The number of ether oxygens (including phenoxy) is 1. The largest absolute Gasteiger partial charge is 0.444 e. The molecule has 4 rings (SSSR count). The van der Waals surface area contributed by atoms with Gasteiger partial charge in [-0.05, 0) is 29.8 Å². The highest BCUT2D eigenvalue weighted by atomic mass is 32.1. The second-order valence-electron chi connectivity index (χ2n) is 6.17. The summed E-state index contributed by atoms with van der Waals surface area (Å²) in [5, 5.41) is 8.73. The molecule has 2 heterocycles. The summed E-state index contributed by atoms with van der Waals surface area (Å²) < 4.78 is 5.23. The van der Waals surface area contributed by atoms with Crippen molar-refractivity contribution in [3.8, 4) is 11.3 Å². The van der Waals surface area contributed by atoms with Crippen LogP contribution in [-0.2, 0) is 11.3 Å². The molecule has 0 aliphatic carbocycles. The molecule has 2 aromatic heterocycles. The van der Waals surface area contributed by atoms with Crippen LogP contribution in [0, 0.1) is 0 Å². The zero-order valence-electron chi connectivity index (χ0n) is 15.4. The van der Waals surface area contributed by atoms with Gasteiger partial charge in [0.15, 0.2) is 5.13 Å². The third kappa shape index (κ3) is 5.18. The van der Waals surface area contributed by atoms with Crippen molar-refractivity contribution in [1.82, 2.24) is 9.97 Å². The molecule has 0 radical (unpaired) electrons. The van der Waals surface area contributed by atoms with Crippen molar-refractivity contribution < 1.29 is 9.53 Å². The first-order valence-electron chi connectivity index (χ1n) is 8.97. The first-order chi connectivity index (χ1) is 14.3. The van der Waals surface area contributed by atoms with Crippen molar-refractivity contribution in [3.63, 3.8) is 0 Å². The van der Waals surface area contributed by atoms with E-state index in [0.717, 1.165) is 27.6 Å². The number of pyridine rings is 1. The molecular formula is C22H18N4O2S. The predicted molar refractivity (Wildman–Crippen MR) is 115 cm³/mol. The van der Waals surface area contributed by atoms with Crippen LogP contribution in [0.2, 0.25) is 0 Å². The van der Waals surface area contributed by atoms with Gasteiger partial charge < -0.3 is 10.1 Å². The first-order valence-corrected chi connectivity index (χ1v) is 9.85. The zero-order valence-corrected chi connectivity index (χ0v) is 16.2. The zero-order chi connectivity index (χ0) is 19.9. The molecule has 2 aromatic carbocycles. The van der Waals surface area contributed by atoms with E-state index in [1.165, 1.54) is 11.3 Å². The Hall–Kier alpha value is -3.71. The second kappa shape index (κ2) is 8.99. The van der Waals surface area contributed by atoms with Crippen LogP contribution < -0.4 is 10.6 Å². The molecule has 29 heavy (non-hydrogen) atoms. The van der Waals surface area contributed by atoms with Crippen LogP contribution in [0.3, 0.4) is 0 Å². The molecule has 2 N–H and O–H groups in total. The van der Waals surface area contributed by atoms with Crippen LogP contribution in [0.5, 0.6) is 0 Å². The van der Waals surface area contributed by atoms with Crippen molar-refractivity contribution in [1.29, 1.82) is 0 Å². The maximum absolute atomic E-state index is 12.0. The quantitative estimate of drug-likeness (QED) is 0.433. The van der Waals surface area contributed by atoms with Crippen LogP contribution in [0.15, 0.2) is 84.5 Å². The van der Waals surface area contributed by atoms with E-state index in [4.69, 9.17) is 4.74 Å². The Morgan fingerprint density at radius 3 is 2.55 bits per heavy atom. The SMILES string of the molecule is O=C(Nc1ccc(-c2csc(Nc3cccnc3)n2)cc1)OCc1ccccc1. The summed E-state index contributed by atoms with van der Waals surface area (Å²) in [6, 6.07) is 20.8. The Labute approximate surface area is 172 Å². The topological polar surface area (TPSA) is 76.1 Å². The summed E-state index contributed by atoms with van der Waals surface area (Å²) in [4.78, 5) is 20.6. The lowest BCUT2D eigenvalue weighted by Crippen LogP contribution is -2.13. The van der Waals surface area contributed by atoms with Crippen LogP contribution in [-0.4, -0.2) is 16.1 Å². The van der Waals surface area contributed by atoms with Crippen LogP contribution in [0.4, 0.5) is 21.3 Å². The summed E-state index contributed by atoms with van der Waals surface area (Å²) in [5.74, 6) is 0. The molecule has 0 atom stereocenters. The predicted octanol–water partition coefficient (Wildman–Crippen LogP) is 5.70. The monoisotopic (exact) mass is 402 g/mol. The summed E-state index contributed by atoms with van der Waals surface area (Å²) in [6.45, 7) is 0.232. The van der Waals surface area contributed by atoms with Crippen molar-refractivity contribution in [3.05, 3.63) is 90.1 Å². The first kappa shape index (κ1) is 18.6. The fourth-order valence-corrected chi connectivity index (χ4v) is 3.37. The van der Waals surface area contributed by atoms with Crippen LogP contribution >= 0.6 is 11.3 Å². The van der Waals surface area contributed by atoms with Gasteiger partial charge in [-0.2, -0.15) is 0 Å². The molecule has 0 spiro atoms. The van der Waals surface area contributed by atoms with E-state index in [9.17, 15) is 4.79 Å². The number of thiazole rings is 1. The molecule has 1 amide bonds. The molecule has 0 fully saturated rings. The number of nitrogens with zero attached hydrogens (tertiary/aromatic N) is 2. The van der Waals surface area contributed by atoms with Crippen molar-refractivity contribution in [2.45, 2.75) is 6.61 Å². The average Bonchev–Trinajstić information content (AvgIpc) is 3.23. The Bertz CT molecular complexity index is 1070. The summed E-state index contributed by atoms with van der Waals surface area (Å²) in [7, 11) is 0. The molecule has 144 valence electrons. The fourth-order valence-electron chi connectivity index (χ4n) is 2.63. The number of rotatable bonds is 6. The number of anilines is 3. The normalized spacial score (nSPS) is 10.3. The maximum Gasteiger partial charge on any atom is 0.411 e.